The fourth-order valence-corrected chi connectivity index (χ4v) is 4.08. The number of hydrogen-bond acceptors (Lipinski definition) is 6. The Morgan fingerprint density at radius 1 is 1.26 bits per heavy atom. The van der Waals surface area contributed by atoms with E-state index >= 15 is 0 Å². The van der Waals surface area contributed by atoms with Crippen molar-refractivity contribution in [1.82, 2.24) is 10.7 Å². The summed E-state index contributed by atoms with van der Waals surface area (Å²) in [6.45, 7) is 9.61. The Morgan fingerprint density at radius 3 is 2.68 bits per heavy atom. The molecule has 8 heteroatoms. The van der Waals surface area contributed by atoms with E-state index in [1.807, 2.05) is 49.4 Å². The summed E-state index contributed by atoms with van der Waals surface area (Å²) in [4.78, 5) is 11.5. The number of aliphatic hydroxyl groups excluding tert-OH is 1. The Balaban J connectivity index is 1.45. The number of hydrogen-bond donors (Lipinski definition) is 4. The van der Waals surface area contributed by atoms with Crippen molar-refractivity contribution >= 4 is 33.2 Å². The average Bonchev–Trinajstić information content (AvgIpc) is 2.81. The SMILES string of the molecule is CCc1ccc(Br)cc1OCC(O)CNC(C)(C)CNc1ccc(C2=NNC(=O)CC2C)cc1. The number of benzene rings is 2. The maximum Gasteiger partial charge on any atom is 0.240 e. The zero-order valence-corrected chi connectivity index (χ0v) is 21.9. The van der Waals surface area contributed by atoms with Gasteiger partial charge in [0.15, 0.2) is 0 Å². The topological polar surface area (TPSA) is 95.0 Å². The minimum atomic E-state index is -0.624. The molecule has 1 heterocycles. The number of aryl methyl sites for hydroxylation is 1. The predicted molar refractivity (Wildman–Crippen MR) is 140 cm³/mol. The first kappa shape index (κ1) is 26.2. The van der Waals surface area contributed by atoms with Gasteiger partial charge >= 0.3 is 0 Å². The molecule has 0 aromatic heterocycles. The molecular weight excluding hydrogens is 496 g/mol. The summed E-state index contributed by atoms with van der Waals surface area (Å²) in [5.41, 5.74) is 6.35. The molecule has 0 fully saturated rings. The summed E-state index contributed by atoms with van der Waals surface area (Å²) in [6.07, 6.45) is 0.708. The molecule has 0 saturated carbocycles. The molecule has 2 aromatic carbocycles. The second-order valence-electron chi connectivity index (χ2n) is 9.40. The number of aliphatic hydroxyl groups is 1. The van der Waals surface area contributed by atoms with E-state index in [0.29, 0.717) is 19.5 Å². The summed E-state index contributed by atoms with van der Waals surface area (Å²) >= 11 is 3.47. The van der Waals surface area contributed by atoms with Crippen LogP contribution in [0.1, 0.15) is 45.2 Å². The first-order valence-electron chi connectivity index (χ1n) is 11.7. The Bertz CT molecular complexity index is 1010. The number of hydrazone groups is 1. The minimum Gasteiger partial charge on any atom is -0.491 e. The predicted octanol–water partition coefficient (Wildman–Crippen LogP) is 4.09. The second kappa shape index (κ2) is 11.8. The van der Waals surface area contributed by atoms with Crippen LogP contribution in [0.4, 0.5) is 5.69 Å². The van der Waals surface area contributed by atoms with Crippen molar-refractivity contribution in [1.29, 1.82) is 0 Å². The van der Waals surface area contributed by atoms with Crippen molar-refractivity contribution in [2.45, 2.75) is 52.2 Å². The summed E-state index contributed by atoms with van der Waals surface area (Å²) in [6, 6.07) is 14.0. The van der Waals surface area contributed by atoms with Gasteiger partial charge in [0.1, 0.15) is 18.5 Å². The van der Waals surface area contributed by atoms with E-state index in [4.69, 9.17) is 4.74 Å². The number of amides is 1. The van der Waals surface area contributed by atoms with Gasteiger partial charge in [-0.25, -0.2) is 5.43 Å². The lowest BCUT2D eigenvalue weighted by Gasteiger charge is -2.29. The van der Waals surface area contributed by atoms with Gasteiger partial charge in [0.2, 0.25) is 5.91 Å². The molecule has 3 rings (SSSR count). The molecule has 1 aliphatic rings. The highest BCUT2D eigenvalue weighted by atomic mass is 79.9. The third-order valence-corrected chi connectivity index (χ3v) is 6.33. The standard InChI is InChI=1S/C26H35BrN4O3/c1-5-18-6-9-20(27)13-23(18)34-15-22(32)14-29-26(3,4)16-28-21-10-7-19(8-11-21)25-17(2)12-24(33)30-31-25/h6-11,13,17,22,28-29,32H,5,12,14-16H2,1-4H3,(H,30,33). The van der Waals surface area contributed by atoms with Crippen molar-refractivity contribution in [3.05, 3.63) is 58.1 Å². The van der Waals surface area contributed by atoms with Gasteiger partial charge in [-0.05, 0) is 55.7 Å². The number of halogens is 1. The lowest BCUT2D eigenvalue weighted by Crippen LogP contribution is -2.49. The van der Waals surface area contributed by atoms with Crippen LogP contribution in [-0.4, -0.2) is 48.1 Å². The zero-order chi connectivity index (χ0) is 24.7. The molecule has 0 spiro atoms. The molecular formula is C26H35BrN4O3. The van der Waals surface area contributed by atoms with E-state index in [1.54, 1.807) is 0 Å². The van der Waals surface area contributed by atoms with Crippen molar-refractivity contribution in [2.75, 3.05) is 25.0 Å². The molecule has 2 aromatic rings. The highest BCUT2D eigenvalue weighted by Crippen LogP contribution is 2.24. The number of nitrogens with one attached hydrogen (secondary N) is 3. The quantitative estimate of drug-likeness (QED) is 0.351. The molecule has 4 N–H and O–H groups in total. The molecule has 184 valence electrons. The first-order chi connectivity index (χ1) is 16.2. The van der Waals surface area contributed by atoms with Crippen molar-refractivity contribution < 1.29 is 14.6 Å². The Hall–Kier alpha value is -2.42. The van der Waals surface area contributed by atoms with Gasteiger partial charge in [-0.15, -0.1) is 0 Å². The van der Waals surface area contributed by atoms with Gasteiger partial charge in [0.05, 0.1) is 5.71 Å². The molecule has 0 bridgehead atoms. The van der Waals surface area contributed by atoms with Crippen LogP contribution < -0.4 is 20.8 Å². The van der Waals surface area contributed by atoms with E-state index < -0.39 is 6.10 Å². The van der Waals surface area contributed by atoms with Gasteiger partial charge in [-0.2, -0.15) is 5.10 Å². The van der Waals surface area contributed by atoms with Gasteiger partial charge in [-0.1, -0.05) is 48.0 Å². The summed E-state index contributed by atoms with van der Waals surface area (Å²) in [7, 11) is 0. The van der Waals surface area contributed by atoms with Gasteiger partial charge in [0.25, 0.3) is 0 Å². The van der Waals surface area contributed by atoms with Crippen LogP contribution in [-0.2, 0) is 11.2 Å². The molecule has 1 amide bonds. The normalized spacial score (nSPS) is 17.1. The van der Waals surface area contributed by atoms with Gasteiger partial charge in [0, 0.05) is 41.1 Å². The summed E-state index contributed by atoms with van der Waals surface area (Å²) in [5, 5.41) is 21.5. The van der Waals surface area contributed by atoms with Crippen molar-refractivity contribution in [3.63, 3.8) is 0 Å². The number of nitrogens with zero attached hydrogens (tertiary/aromatic N) is 1. The monoisotopic (exact) mass is 530 g/mol. The smallest absolute Gasteiger partial charge is 0.240 e. The molecule has 1 aliphatic heterocycles. The van der Waals surface area contributed by atoms with E-state index in [-0.39, 0.29) is 24.0 Å². The number of anilines is 1. The third kappa shape index (κ3) is 7.55. The Kier molecular flexibility index (Phi) is 9.10. The zero-order valence-electron chi connectivity index (χ0n) is 20.3. The first-order valence-corrected chi connectivity index (χ1v) is 12.5. The maximum absolute atomic E-state index is 11.5. The summed E-state index contributed by atoms with van der Waals surface area (Å²) < 4.78 is 6.83. The van der Waals surface area contributed by atoms with Crippen molar-refractivity contribution in [2.24, 2.45) is 11.0 Å². The lowest BCUT2D eigenvalue weighted by molar-refractivity contribution is -0.121. The average molecular weight is 531 g/mol. The fraction of sp³-hybridized carbons (Fsp3) is 0.462. The number of β-amino-alcohol motifs (C(OH)–C–C–N with tert-alkyl or cyclic N) is 1. The van der Waals surface area contributed by atoms with Crippen LogP contribution in [0, 0.1) is 5.92 Å². The molecule has 2 unspecified atom stereocenters. The Morgan fingerprint density at radius 2 is 2.00 bits per heavy atom. The van der Waals surface area contributed by atoms with Crippen LogP contribution in [0.15, 0.2) is 52.0 Å². The molecule has 2 atom stereocenters. The third-order valence-electron chi connectivity index (χ3n) is 5.83. The van der Waals surface area contributed by atoms with Crippen LogP contribution in [0.5, 0.6) is 5.75 Å². The lowest BCUT2D eigenvalue weighted by atomic mass is 9.94. The highest BCUT2D eigenvalue weighted by molar-refractivity contribution is 9.10. The van der Waals surface area contributed by atoms with E-state index in [1.165, 1.54) is 0 Å². The number of ether oxygens (including phenoxy) is 1. The second-order valence-corrected chi connectivity index (χ2v) is 10.3. The number of carbonyl (C=O) groups excluding carboxylic acids is 1. The molecule has 34 heavy (non-hydrogen) atoms. The van der Waals surface area contributed by atoms with Gasteiger partial charge < -0.3 is 20.5 Å². The van der Waals surface area contributed by atoms with Crippen LogP contribution >= 0.6 is 15.9 Å². The van der Waals surface area contributed by atoms with E-state index in [2.05, 4.69) is 57.9 Å². The number of rotatable bonds is 11. The van der Waals surface area contributed by atoms with Crippen LogP contribution in [0.25, 0.3) is 0 Å². The molecule has 0 saturated heterocycles. The van der Waals surface area contributed by atoms with E-state index in [9.17, 15) is 9.90 Å². The van der Waals surface area contributed by atoms with E-state index in [0.717, 1.165) is 39.2 Å². The number of carbonyl (C=O) groups is 1. The molecule has 0 radical (unpaired) electrons. The summed E-state index contributed by atoms with van der Waals surface area (Å²) in [5.74, 6) is 0.860. The van der Waals surface area contributed by atoms with Crippen LogP contribution in [0.3, 0.4) is 0 Å². The minimum absolute atomic E-state index is 0.0419. The molecule has 7 nitrogen and oxygen atoms in total. The Labute approximate surface area is 210 Å². The largest absolute Gasteiger partial charge is 0.491 e. The van der Waals surface area contributed by atoms with Crippen molar-refractivity contribution in [3.8, 4) is 5.75 Å². The molecule has 0 aliphatic carbocycles. The van der Waals surface area contributed by atoms with Gasteiger partial charge in [-0.3, -0.25) is 4.79 Å². The fourth-order valence-electron chi connectivity index (χ4n) is 3.74. The highest BCUT2D eigenvalue weighted by Gasteiger charge is 2.22. The van der Waals surface area contributed by atoms with Crippen LogP contribution in [0.2, 0.25) is 0 Å². The maximum atomic E-state index is 11.5.